The predicted molar refractivity (Wildman–Crippen MR) is 110 cm³/mol. The first-order valence-electron chi connectivity index (χ1n) is 10.4. The summed E-state index contributed by atoms with van der Waals surface area (Å²) < 4.78 is 29.7. The summed E-state index contributed by atoms with van der Waals surface area (Å²) in [6.07, 6.45) is 0.789. The fourth-order valence-electron chi connectivity index (χ4n) is 3.60. The van der Waals surface area contributed by atoms with E-state index in [0.29, 0.717) is 52.1 Å². The van der Waals surface area contributed by atoms with Gasteiger partial charge in [-0.3, -0.25) is 4.57 Å². The molecule has 1 unspecified atom stereocenters. The molecule has 2 aliphatic heterocycles. The van der Waals surface area contributed by atoms with Crippen LogP contribution in [0.4, 0.5) is 0 Å². The van der Waals surface area contributed by atoms with Gasteiger partial charge in [-0.15, -0.1) is 0 Å². The van der Waals surface area contributed by atoms with Gasteiger partial charge in [-0.25, -0.2) is 4.79 Å². The Morgan fingerprint density at radius 2 is 2.10 bits per heavy atom. The fraction of sp³-hybridized carbons (Fsp3) is 0.545. The highest BCUT2D eigenvalue weighted by Gasteiger charge is 2.21. The summed E-state index contributed by atoms with van der Waals surface area (Å²) in [5, 5.41) is 0. The van der Waals surface area contributed by atoms with Gasteiger partial charge >= 0.3 is 5.69 Å². The summed E-state index contributed by atoms with van der Waals surface area (Å²) in [4.78, 5) is 16.6. The van der Waals surface area contributed by atoms with Crippen molar-refractivity contribution in [1.82, 2.24) is 9.55 Å². The summed E-state index contributed by atoms with van der Waals surface area (Å²) in [7, 11) is 0. The van der Waals surface area contributed by atoms with Gasteiger partial charge in [0.1, 0.15) is 25.1 Å². The van der Waals surface area contributed by atoms with Crippen LogP contribution < -0.4 is 15.2 Å². The maximum Gasteiger partial charge on any atom is 0.351 e. The summed E-state index contributed by atoms with van der Waals surface area (Å²) in [5.41, 5.74) is 2.63. The molecular formula is C22H28N2O6. The lowest BCUT2D eigenvalue weighted by Gasteiger charge is -2.24. The van der Waals surface area contributed by atoms with Crippen LogP contribution in [0.3, 0.4) is 0 Å². The zero-order valence-electron chi connectivity index (χ0n) is 17.5. The Hall–Kier alpha value is -2.42. The molecule has 0 N–H and O–H groups in total. The molecule has 4 rings (SSSR count). The first-order valence-corrected chi connectivity index (χ1v) is 10.4. The van der Waals surface area contributed by atoms with Crippen LogP contribution in [0, 0.1) is 0 Å². The van der Waals surface area contributed by atoms with Gasteiger partial charge in [0.15, 0.2) is 0 Å². The van der Waals surface area contributed by atoms with Crippen LogP contribution in [0.25, 0.3) is 11.3 Å². The highest BCUT2D eigenvalue weighted by atomic mass is 16.6. The van der Waals surface area contributed by atoms with Gasteiger partial charge in [-0.1, -0.05) is 0 Å². The van der Waals surface area contributed by atoms with Crippen LogP contribution in [-0.2, 0) is 27.2 Å². The molecule has 30 heavy (non-hydrogen) atoms. The van der Waals surface area contributed by atoms with Crippen LogP contribution in [0.2, 0.25) is 0 Å². The van der Waals surface area contributed by atoms with E-state index >= 15 is 0 Å². The average molecular weight is 416 g/mol. The second kappa shape index (κ2) is 9.59. The predicted octanol–water partition coefficient (Wildman–Crippen LogP) is 2.06. The summed E-state index contributed by atoms with van der Waals surface area (Å²) in [6, 6.07) is 7.76. The van der Waals surface area contributed by atoms with Crippen molar-refractivity contribution in [3.8, 4) is 22.9 Å². The number of ether oxygens (including phenoxy) is 5. The molecule has 0 aliphatic carbocycles. The number of hydrogen-bond acceptors (Lipinski definition) is 7. The zero-order valence-corrected chi connectivity index (χ0v) is 17.5. The Balaban J connectivity index is 1.47. The lowest BCUT2D eigenvalue weighted by molar-refractivity contribution is -0.102. The first-order chi connectivity index (χ1) is 14.6. The SMILES string of the molecule is CC(C)OCCOc1ccc2c(c1)CCn1c-2cc(OCC2COCCO2)nc1=O. The third kappa shape index (κ3) is 5.00. The molecule has 0 saturated carbocycles. The Morgan fingerprint density at radius 1 is 1.20 bits per heavy atom. The molecule has 3 heterocycles. The third-order valence-corrected chi connectivity index (χ3v) is 5.05. The lowest BCUT2D eigenvalue weighted by atomic mass is 9.97. The number of rotatable bonds is 8. The standard InChI is InChI=1S/C22H28N2O6/c1-15(2)27-9-10-28-17-3-4-19-16(11-17)5-6-24-20(19)12-21(23-22(24)25)30-14-18-13-26-7-8-29-18/h3-4,11-12,15,18H,5-10,13-14H2,1-2H3. The van der Waals surface area contributed by atoms with Gasteiger partial charge in [-0.05, 0) is 44.0 Å². The summed E-state index contributed by atoms with van der Waals surface area (Å²) >= 11 is 0. The molecule has 1 saturated heterocycles. The van der Waals surface area contributed by atoms with E-state index in [2.05, 4.69) is 4.98 Å². The van der Waals surface area contributed by atoms with Crippen LogP contribution in [-0.4, -0.2) is 61.4 Å². The molecule has 1 aromatic carbocycles. The van der Waals surface area contributed by atoms with Gasteiger partial charge in [0.05, 0.1) is 38.2 Å². The average Bonchev–Trinajstić information content (AvgIpc) is 2.75. The minimum absolute atomic E-state index is 0.147. The van der Waals surface area contributed by atoms with E-state index in [1.165, 1.54) is 0 Å². The highest BCUT2D eigenvalue weighted by molar-refractivity contribution is 5.67. The van der Waals surface area contributed by atoms with Crippen molar-refractivity contribution in [1.29, 1.82) is 0 Å². The molecule has 1 atom stereocenters. The van der Waals surface area contributed by atoms with E-state index in [1.54, 1.807) is 4.57 Å². The molecule has 2 aromatic rings. The van der Waals surface area contributed by atoms with E-state index in [-0.39, 0.29) is 17.9 Å². The quantitative estimate of drug-likeness (QED) is 0.610. The second-order valence-electron chi connectivity index (χ2n) is 7.63. The van der Waals surface area contributed by atoms with E-state index < -0.39 is 0 Å². The molecule has 0 bridgehead atoms. The molecule has 0 spiro atoms. The largest absolute Gasteiger partial charge is 0.491 e. The smallest absolute Gasteiger partial charge is 0.351 e. The van der Waals surface area contributed by atoms with Gasteiger partial charge in [0, 0.05) is 18.2 Å². The van der Waals surface area contributed by atoms with Crippen LogP contribution >= 0.6 is 0 Å². The fourth-order valence-corrected chi connectivity index (χ4v) is 3.60. The summed E-state index contributed by atoms with van der Waals surface area (Å²) in [6.45, 7) is 7.57. The maximum absolute atomic E-state index is 12.5. The Kier molecular flexibility index (Phi) is 6.66. The molecule has 8 heteroatoms. The minimum Gasteiger partial charge on any atom is -0.491 e. The van der Waals surface area contributed by atoms with Crippen LogP contribution in [0.15, 0.2) is 29.1 Å². The topological polar surface area (TPSA) is 81.0 Å². The number of nitrogens with zero attached hydrogens (tertiary/aromatic N) is 2. The molecular weight excluding hydrogens is 388 g/mol. The zero-order chi connectivity index (χ0) is 20.9. The molecule has 0 radical (unpaired) electrons. The van der Waals surface area contributed by atoms with Crippen molar-refractivity contribution in [2.24, 2.45) is 0 Å². The van der Waals surface area contributed by atoms with Crippen molar-refractivity contribution >= 4 is 0 Å². The van der Waals surface area contributed by atoms with E-state index in [9.17, 15) is 4.79 Å². The van der Waals surface area contributed by atoms with Gasteiger partial charge in [-0.2, -0.15) is 4.98 Å². The molecule has 1 aromatic heterocycles. The normalized spacial score (nSPS) is 18.0. The molecule has 2 aliphatic rings. The van der Waals surface area contributed by atoms with Crippen LogP contribution in [0.5, 0.6) is 11.6 Å². The third-order valence-electron chi connectivity index (χ3n) is 5.05. The maximum atomic E-state index is 12.5. The monoisotopic (exact) mass is 416 g/mol. The number of fused-ring (bicyclic) bond motifs is 3. The second-order valence-corrected chi connectivity index (χ2v) is 7.63. The number of hydrogen-bond donors (Lipinski definition) is 0. The molecule has 162 valence electrons. The van der Waals surface area contributed by atoms with E-state index in [1.807, 2.05) is 38.1 Å². The Morgan fingerprint density at radius 3 is 2.90 bits per heavy atom. The van der Waals surface area contributed by atoms with Gasteiger partial charge in [0.25, 0.3) is 0 Å². The highest BCUT2D eigenvalue weighted by Crippen LogP contribution is 2.32. The van der Waals surface area contributed by atoms with Crippen molar-refractivity contribution in [2.75, 3.05) is 39.6 Å². The van der Waals surface area contributed by atoms with Crippen LogP contribution in [0.1, 0.15) is 19.4 Å². The number of benzene rings is 1. The molecule has 8 nitrogen and oxygen atoms in total. The van der Waals surface area contributed by atoms with Crippen molar-refractivity contribution in [2.45, 2.75) is 39.0 Å². The van der Waals surface area contributed by atoms with Crippen molar-refractivity contribution < 1.29 is 23.7 Å². The van der Waals surface area contributed by atoms with E-state index in [0.717, 1.165) is 29.0 Å². The lowest BCUT2D eigenvalue weighted by Crippen LogP contribution is -2.34. The molecule has 0 amide bonds. The van der Waals surface area contributed by atoms with Crippen molar-refractivity contribution in [3.63, 3.8) is 0 Å². The van der Waals surface area contributed by atoms with E-state index in [4.69, 9.17) is 23.7 Å². The number of aryl methyl sites for hydroxylation is 1. The summed E-state index contributed by atoms with van der Waals surface area (Å²) in [5.74, 6) is 1.11. The minimum atomic E-state index is -0.305. The first kappa shape index (κ1) is 20.8. The Labute approximate surface area is 175 Å². The van der Waals surface area contributed by atoms with Gasteiger partial charge < -0.3 is 23.7 Å². The Bertz CT molecular complexity index is 920. The molecule has 1 fully saturated rings. The van der Waals surface area contributed by atoms with Crippen molar-refractivity contribution in [3.05, 3.63) is 40.3 Å². The van der Waals surface area contributed by atoms with Gasteiger partial charge in [0.2, 0.25) is 5.88 Å². The number of aromatic nitrogens is 2.